The van der Waals surface area contributed by atoms with Crippen LogP contribution in [-0.4, -0.2) is 27.5 Å². The quantitative estimate of drug-likeness (QED) is 0.503. The van der Waals surface area contributed by atoms with E-state index in [0.29, 0.717) is 0 Å². The van der Waals surface area contributed by atoms with Gasteiger partial charge in [0.15, 0.2) is 0 Å². The van der Waals surface area contributed by atoms with Crippen molar-refractivity contribution in [2.75, 3.05) is 0 Å². The zero-order valence-corrected chi connectivity index (χ0v) is 5.61. The Kier molecular flexibility index (Phi) is 6.75. The van der Waals surface area contributed by atoms with Crippen LogP contribution in [0.1, 0.15) is 7.43 Å². The fourth-order valence-corrected chi connectivity index (χ4v) is 0.215. The van der Waals surface area contributed by atoms with Gasteiger partial charge in [0.1, 0.15) is 0 Å². The van der Waals surface area contributed by atoms with Crippen LogP contribution in [-0.2, 0) is 10.4 Å². The fourth-order valence-electron chi connectivity index (χ4n) is 0.215. The number of imidazole rings is 1. The summed E-state index contributed by atoms with van der Waals surface area (Å²) < 4.78 is 31.6. The lowest BCUT2D eigenvalue weighted by molar-refractivity contribution is 0.381. The predicted octanol–water partition coefficient (Wildman–Crippen LogP) is 0.393. The van der Waals surface area contributed by atoms with Crippen molar-refractivity contribution in [1.29, 1.82) is 0 Å². The lowest BCUT2D eigenvalue weighted by Crippen LogP contribution is -1.89. The summed E-state index contributed by atoms with van der Waals surface area (Å²) in [6, 6.07) is 0. The van der Waals surface area contributed by atoms with Gasteiger partial charge in [-0.3, -0.25) is 9.11 Å². The number of aromatic amines is 1. The topological polar surface area (TPSA) is 103 Å². The summed E-state index contributed by atoms with van der Waals surface area (Å²) in [5.41, 5.74) is 0. The second kappa shape index (κ2) is 5.83. The zero-order chi connectivity index (χ0) is 8.04. The minimum absolute atomic E-state index is 0. The predicted molar refractivity (Wildman–Crippen MR) is 39.5 cm³/mol. The van der Waals surface area contributed by atoms with Gasteiger partial charge >= 0.3 is 10.4 Å². The lowest BCUT2D eigenvalue weighted by Gasteiger charge is -1.68. The van der Waals surface area contributed by atoms with Crippen LogP contribution in [0.2, 0.25) is 0 Å². The largest absolute Gasteiger partial charge is 0.394 e. The second-order valence-corrected chi connectivity index (χ2v) is 2.10. The summed E-state index contributed by atoms with van der Waals surface area (Å²) in [5.74, 6) is 0. The molecule has 1 aromatic heterocycles. The van der Waals surface area contributed by atoms with Crippen molar-refractivity contribution in [3.05, 3.63) is 18.7 Å². The van der Waals surface area contributed by atoms with Crippen molar-refractivity contribution in [3.8, 4) is 0 Å². The van der Waals surface area contributed by atoms with Crippen LogP contribution in [0.15, 0.2) is 18.7 Å². The molecule has 0 fully saturated rings. The summed E-state index contributed by atoms with van der Waals surface area (Å²) in [7, 11) is -4.67. The molecule has 0 bridgehead atoms. The van der Waals surface area contributed by atoms with Gasteiger partial charge in [0, 0.05) is 12.4 Å². The third kappa shape index (κ3) is 27.3. The van der Waals surface area contributed by atoms with E-state index < -0.39 is 10.4 Å². The van der Waals surface area contributed by atoms with E-state index in [1.165, 1.54) is 0 Å². The first kappa shape index (κ1) is 12.7. The van der Waals surface area contributed by atoms with E-state index in [-0.39, 0.29) is 7.43 Å². The Bertz CT molecular complexity index is 216. The van der Waals surface area contributed by atoms with Crippen LogP contribution in [0.4, 0.5) is 0 Å². The smallest absolute Gasteiger partial charge is 0.351 e. The molecule has 66 valence electrons. The van der Waals surface area contributed by atoms with E-state index in [1.54, 1.807) is 18.7 Å². The zero-order valence-electron chi connectivity index (χ0n) is 4.80. The lowest BCUT2D eigenvalue weighted by atomic mass is 11.0. The maximum Gasteiger partial charge on any atom is 0.394 e. The van der Waals surface area contributed by atoms with E-state index in [4.69, 9.17) is 17.5 Å². The Hall–Kier alpha value is -0.920. The molecule has 0 saturated heterocycles. The van der Waals surface area contributed by atoms with Crippen LogP contribution in [0.5, 0.6) is 0 Å². The highest BCUT2D eigenvalue weighted by molar-refractivity contribution is 7.79. The van der Waals surface area contributed by atoms with Crippen LogP contribution in [0.3, 0.4) is 0 Å². The maximum absolute atomic E-state index is 8.74. The van der Waals surface area contributed by atoms with Gasteiger partial charge < -0.3 is 4.98 Å². The number of nitrogens with zero attached hydrogens (tertiary/aromatic N) is 1. The highest BCUT2D eigenvalue weighted by Crippen LogP contribution is 1.62. The van der Waals surface area contributed by atoms with Crippen LogP contribution >= 0.6 is 0 Å². The number of H-pyrrole nitrogens is 1. The molecule has 3 N–H and O–H groups in total. The molecule has 0 aliphatic rings. The van der Waals surface area contributed by atoms with Gasteiger partial charge in [0.05, 0.1) is 6.33 Å². The molecule has 0 atom stereocenters. The van der Waals surface area contributed by atoms with Gasteiger partial charge in [-0.1, -0.05) is 7.43 Å². The number of hydrogen-bond acceptors (Lipinski definition) is 3. The van der Waals surface area contributed by atoms with E-state index in [9.17, 15) is 0 Å². The molecule has 1 rings (SSSR count). The van der Waals surface area contributed by atoms with Crippen molar-refractivity contribution in [2.24, 2.45) is 0 Å². The number of nitrogens with one attached hydrogen (secondary N) is 1. The normalized spacial score (nSPS) is 8.91. The Morgan fingerprint density at radius 3 is 1.91 bits per heavy atom. The van der Waals surface area contributed by atoms with Crippen LogP contribution < -0.4 is 0 Å². The van der Waals surface area contributed by atoms with Gasteiger partial charge in [0.25, 0.3) is 0 Å². The molecule has 11 heavy (non-hydrogen) atoms. The van der Waals surface area contributed by atoms with E-state index in [0.717, 1.165) is 0 Å². The standard InChI is InChI=1S/C3H4N2.CH4.H2O4S/c1-2-5-3-4-1;;1-5(2,3)4/h1-3H,(H,4,5);1H4;(H2,1,2,3,4). The van der Waals surface area contributed by atoms with E-state index in [1.807, 2.05) is 0 Å². The molecule has 0 unspecified atom stereocenters. The Morgan fingerprint density at radius 1 is 1.36 bits per heavy atom. The molecular weight excluding hydrogens is 172 g/mol. The van der Waals surface area contributed by atoms with Crippen molar-refractivity contribution < 1.29 is 17.5 Å². The number of rotatable bonds is 0. The molecule has 0 spiro atoms. The summed E-state index contributed by atoms with van der Waals surface area (Å²) in [6.45, 7) is 0. The van der Waals surface area contributed by atoms with Gasteiger partial charge in [-0.2, -0.15) is 8.42 Å². The first-order valence-corrected chi connectivity index (χ1v) is 3.52. The molecule has 0 aliphatic carbocycles. The monoisotopic (exact) mass is 182 g/mol. The third-order valence-electron chi connectivity index (χ3n) is 0.406. The van der Waals surface area contributed by atoms with Crippen LogP contribution in [0.25, 0.3) is 0 Å². The second-order valence-electron chi connectivity index (χ2n) is 1.21. The van der Waals surface area contributed by atoms with Crippen molar-refractivity contribution in [2.45, 2.75) is 7.43 Å². The molecule has 1 aromatic rings. The summed E-state index contributed by atoms with van der Waals surface area (Å²) >= 11 is 0. The Labute approximate surface area is 64.9 Å². The van der Waals surface area contributed by atoms with Gasteiger partial charge in [0.2, 0.25) is 0 Å². The molecular formula is C4H10N2O4S. The third-order valence-corrected chi connectivity index (χ3v) is 0.406. The summed E-state index contributed by atoms with van der Waals surface area (Å²) in [6.07, 6.45) is 5.08. The SMILES string of the molecule is C.O=S(=O)(O)O.c1c[nH]cn1. The molecule has 0 aliphatic heterocycles. The molecule has 0 saturated carbocycles. The van der Waals surface area contributed by atoms with Crippen molar-refractivity contribution in [3.63, 3.8) is 0 Å². The maximum atomic E-state index is 8.74. The molecule has 0 amide bonds. The fraction of sp³-hybridized carbons (Fsp3) is 0.250. The van der Waals surface area contributed by atoms with E-state index >= 15 is 0 Å². The van der Waals surface area contributed by atoms with Gasteiger partial charge in [-0.05, 0) is 0 Å². The minimum atomic E-state index is -4.67. The minimum Gasteiger partial charge on any atom is -0.351 e. The Morgan fingerprint density at radius 2 is 1.82 bits per heavy atom. The number of hydrogen-bond donors (Lipinski definition) is 3. The highest BCUT2D eigenvalue weighted by Gasteiger charge is 1.84. The van der Waals surface area contributed by atoms with E-state index in [2.05, 4.69) is 9.97 Å². The van der Waals surface area contributed by atoms with Crippen LogP contribution in [0, 0.1) is 0 Å². The molecule has 6 nitrogen and oxygen atoms in total. The average Bonchev–Trinajstić information content (AvgIpc) is 2.07. The van der Waals surface area contributed by atoms with Gasteiger partial charge in [-0.25, -0.2) is 4.98 Å². The number of aromatic nitrogens is 2. The van der Waals surface area contributed by atoms with Crippen molar-refractivity contribution in [1.82, 2.24) is 9.97 Å². The average molecular weight is 182 g/mol. The first-order chi connectivity index (χ1) is 4.50. The molecule has 0 aromatic carbocycles. The highest BCUT2D eigenvalue weighted by atomic mass is 32.3. The Balaban J connectivity index is 0. The summed E-state index contributed by atoms with van der Waals surface area (Å²) in [5, 5.41) is 0. The first-order valence-electron chi connectivity index (χ1n) is 2.13. The molecule has 1 heterocycles. The van der Waals surface area contributed by atoms with Crippen molar-refractivity contribution >= 4 is 10.4 Å². The van der Waals surface area contributed by atoms with Gasteiger partial charge in [-0.15, -0.1) is 0 Å². The molecule has 0 radical (unpaired) electrons. The summed E-state index contributed by atoms with van der Waals surface area (Å²) in [4.78, 5) is 6.42. The molecule has 7 heteroatoms.